The van der Waals surface area contributed by atoms with Crippen LogP contribution in [-0.2, 0) is 23.9 Å². The number of carbonyl (C=O) groups excluding carboxylic acids is 6. The maximum Gasteiger partial charge on any atom is 0.337 e. The first-order valence-electron chi connectivity index (χ1n) is 13.1. The van der Waals surface area contributed by atoms with Gasteiger partial charge < -0.3 is 24.8 Å². The third-order valence-corrected chi connectivity index (χ3v) is 7.10. The number of rotatable bonds is 10. The number of methoxy groups -OCH3 is 1. The number of imide groups is 1. The van der Waals surface area contributed by atoms with E-state index >= 15 is 0 Å². The van der Waals surface area contributed by atoms with Crippen molar-refractivity contribution < 1.29 is 43.0 Å². The zero-order chi connectivity index (χ0) is 29.8. The van der Waals surface area contributed by atoms with Crippen LogP contribution in [0, 0.1) is 17.8 Å². The topological polar surface area (TPSA) is 166 Å². The Morgan fingerprint density at radius 1 is 0.951 bits per heavy atom. The predicted molar refractivity (Wildman–Crippen MR) is 143 cm³/mol. The Kier molecular flexibility index (Phi) is 8.70. The van der Waals surface area contributed by atoms with Gasteiger partial charge in [-0.2, -0.15) is 0 Å². The van der Waals surface area contributed by atoms with E-state index in [9.17, 15) is 28.8 Å². The smallest absolute Gasteiger partial charge is 0.337 e. The monoisotopic (exact) mass is 565 g/mol. The van der Waals surface area contributed by atoms with Gasteiger partial charge in [-0.15, -0.1) is 0 Å². The highest BCUT2D eigenvalue weighted by molar-refractivity contribution is 6.16. The van der Waals surface area contributed by atoms with Crippen LogP contribution in [0.4, 0.5) is 0 Å². The fraction of sp³-hybridized carbons (Fsp3) is 0.379. The van der Waals surface area contributed by atoms with Crippen molar-refractivity contribution in [2.75, 3.05) is 13.9 Å². The van der Waals surface area contributed by atoms with Gasteiger partial charge in [0.25, 0.3) is 5.91 Å². The lowest BCUT2D eigenvalue weighted by Crippen LogP contribution is -2.49. The standard InChI is InChI=1S/C29H31N3O9/c1-14(2)24(25(34)23-15(3)26(35)32-28(23)37)31-22(33)12-19(16-5-7-17(8-6-16)29(38)39-4)30-27(36)18-9-10-20-21(11-18)41-13-40-20/h5-11,14-15,19,23-24H,12-13H2,1-4H3,(H,30,36)(H,31,33)(H,32,35,37)/t15-,19?,23+,24-/m0/s1. The summed E-state index contributed by atoms with van der Waals surface area (Å²) >= 11 is 0. The molecular formula is C29H31N3O9. The van der Waals surface area contributed by atoms with Gasteiger partial charge in [-0.05, 0) is 41.8 Å². The first kappa shape index (κ1) is 29.2. The molecule has 0 spiro atoms. The Balaban J connectivity index is 1.55. The maximum atomic E-state index is 13.3. The number of hydrogen-bond acceptors (Lipinski definition) is 9. The molecule has 4 atom stereocenters. The van der Waals surface area contributed by atoms with Gasteiger partial charge in [0, 0.05) is 5.56 Å². The number of benzene rings is 2. The number of carbonyl (C=O) groups is 6. The summed E-state index contributed by atoms with van der Waals surface area (Å²) in [6, 6.07) is 8.98. The van der Waals surface area contributed by atoms with E-state index in [0.29, 0.717) is 17.1 Å². The van der Waals surface area contributed by atoms with E-state index in [2.05, 4.69) is 16.0 Å². The molecule has 0 bridgehead atoms. The Labute approximate surface area is 236 Å². The molecule has 216 valence electrons. The lowest BCUT2D eigenvalue weighted by molar-refractivity contribution is -0.137. The maximum absolute atomic E-state index is 13.3. The molecular weight excluding hydrogens is 534 g/mol. The number of esters is 1. The number of nitrogens with one attached hydrogen (secondary N) is 3. The molecule has 0 aliphatic carbocycles. The number of amides is 4. The van der Waals surface area contributed by atoms with Gasteiger partial charge in [0.1, 0.15) is 5.92 Å². The number of hydrogen-bond donors (Lipinski definition) is 3. The van der Waals surface area contributed by atoms with E-state index < -0.39 is 59.3 Å². The summed E-state index contributed by atoms with van der Waals surface area (Å²) < 4.78 is 15.4. The lowest BCUT2D eigenvalue weighted by atomic mass is 9.85. The number of ketones is 1. The minimum atomic E-state index is -1.21. The van der Waals surface area contributed by atoms with Gasteiger partial charge in [-0.3, -0.25) is 29.3 Å². The second-order valence-electron chi connectivity index (χ2n) is 10.2. The molecule has 1 fully saturated rings. The number of fused-ring (bicyclic) bond motifs is 1. The Bertz CT molecular complexity index is 1390. The van der Waals surface area contributed by atoms with Gasteiger partial charge in [-0.1, -0.05) is 32.9 Å². The average Bonchev–Trinajstić information content (AvgIpc) is 3.52. The summed E-state index contributed by atoms with van der Waals surface area (Å²) in [5.41, 5.74) is 1.07. The first-order valence-corrected chi connectivity index (χ1v) is 13.1. The molecule has 0 aromatic heterocycles. The van der Waals surface area contributed by atoms with E-state index in [1.54, 1.807) is 38.1 Å². The molecule has 2 heterocycles. The van der Waals surface area contributed by atoms with Crippen LogP contribution in [-0.4, -0.2) is 55.3 Å². The van der Waals surface area contributed by atoms with Crippen molar-refractivity contribution in [3.8, 4) is 11.5 Å². The lowest BCUT2D eigenvalue weighted by Gasteiger charge is -2.26. The Hall–Kier alpha value is -4.74. The van der Waals surface area contributed by atoms with E-state index in [1.165, 1.54) is 32.2 Å². The molecule has 4 amide bonds. The van der Waals surface area contributed by atoms with E-state index in [4.69, 9.17) is 14.2 Å². The molecule has 2 aliphatic rings. The van der Waals surface area contributed by atoms with Gasteiger partial charge in [0.2, 0.25) is 24.5 Å². The fourth-order valence-electron chi connectivity index (χ4n) is 4.75. The van der Waals surface area contributed by atoms with E-state index in [1.807, 2.05) is 0 Å². The average molecular weight is 566 g/mol. The highest BCUT2D eigenvalue weighted by atomic mass is 16.7. The number of Topliss-reactive ketones (excluding diaryl/α,β-unsaturated/α-hetero) is 1. The molecule has 4 rings (SSSR count). The molecule has 12 nitrogen and oxygen atoms in total. The van der Waals surface area contributed by atoms with Crippen molar-refractivity contribution in [1.82, 2.24) is 16.0 Å². The second kappa shape index (κ2) is 12.2. The van der Waals surface area contributed by atoms with Crippen LogP contribution in [0.1, 0.15) is 59.5 Å². The van der Waals surface area contributed by atoms with Crippen molar-refractivity contribution >= 4 is 35.4 Å². The largest absolute Gasteiger partial charge is 0.465 e. The van der Waals surface area contributed by atoms with Crippen molar-refractivity contribution in [3.63, 3.8) is 0 Å². The molecule has 2 aliphatic heterocycles. The normalized spacial score (nSPS) is 18.9. The highest BCUT2D eigenvalue weighted by Gasteiger charge is 2.46. The van der Waals surface area contributed by atoms with Crippen LogP contribution in [0.25, 0.3) is 0 Å². The summed E-state index contributed by atoms with van der Waals surface area (Å²) in [6.45, 7) is 4.96. The number of ether oxygens (including phenoxy) is 3. The van der Waals surface area contributed by atoms with Crippen molar-refractivity contribution in [1.29, 1.82) is 0 Å². The van der Waals surface area contributed by atoms with Crippen LogP contribution in [0.2, 0.25) is 0 Å². The molecule has 1 saturated heterocycles. The van der Waals surface area contributed by atoms with Crippen molar-refractivity contribution in [3.05, 3.63) is 59.2 Å². The molecule has 0 radical (unpaired) electrons. The van der Waals surface area contributed by atoms with Crippen LogP contribution in [0.3, 0.4) is 0 Å². The molecule has 41 heavy (non-hydrogen) atoms. The summed E-state index contributed by atoms with van der Waals surface area (Å²) in [4.78, 5) is 75.9. The summed E-state index contributed by atoms with van der Waals surface area (Å²) in [6.07, 6.45) is -0.268. The SMILES string of the molecule is COC(=O)c1ccc(C(CC(=O)N[C@H](C(=O)[C@@H]2C(=O)NC(=O)[C@H]2C)C(C)C)NC(=O)c2ccc3c(c2)OCO3)cc1. The molecule has 2 aromatic carbocycles. The zero-order valence-electron chi connectivity index (χ0n) is 23.0. The summed E-state index contributed by atoms with van der Waals surface area (Å²) in [7, 11) is 1.26. The third-order valence-electron chi connectivity index (χ3n) is 7.10. The second-order valence-corrected chi connectivity index (χ2v) is 10.2. The van der Waals surface area contributed by atoms with Gasteiger partial charge in [0.15, 0.2) is 17.3 Å². The summed E-state index contributed by atoms with van der Waals surface area (Å²) in [5, 5.41) is 7.69. The first-order chi connectivity index (χ1) is 19.5. The minimum absolute atomic E-state index is 0.0426. The molecule has 12 heteroatoms. The molecule has 0 saturated carbocycles. The quantitative estimate of drug-likeness (QED) is 0.221. The molecule has 1 unspecified atom stereocenters. The van der Waals surface area contributed by atoms with Gasteiger partial charge >= 0.3 is 5.97 Å². The van der Waals surface area contributed by atoms with Gasteiger partial charge in [-0.25, -0.2) is 4.79 Å². The predicted octanol–water partition coefficient (Wildman–Crippen LogP) is 1.68. The van der Waals surface area contributed by atoms with E-state index in [-0.39, 0.29) is 30.3 Å². The van der Waals surface area contributed by atoms with Gasteiger partial charge in [0.05, 0.1) is 37.1 Å². The summed E-state index contributed by atoms with van der Waals surface area (Å²) in [5.74, 6) is -4.92. The van der Waals surface area contributed by atoms with Crippen molar-refractivity contribution in [2.45, 2.75) is 39.3 Å². The van der Waals surface area contributed by atoms with Crippen LogP contribution >= 0.6 is 0 Å². The fourth-order valence-corrected chi connectivity index (χ4v) is 4.75. The Morgan fingerprint density at radius 3 is 2.22 bits per heavy atom. The molecule has 3 N–H and O–H groups in total. The van der Waals surface area contributed by atoms with Crippen molar-refractivity contribution in [2.24, 2.45) is 17.8 Å². The Morgan fingerprint density at radius 2 is 1.61 bits per heavy atom. The van der Waals surface area contributed by atoms with Crippen LogP contribution < -0.4 is 25.4 Å². The molecule has 2 aromatic rings. The zero-order valence-corrected chi connectivity index (χ0v) is 23.0. The van der Waals surface area contributed by atoms with Crippen LogP contribution in [0.15, 0.2) is 42.5 Å². The van der Waals surface area contributed by atoms with Crippen LogP contribution in [0.5, 0.6) is 11.5 Å². The highest BCUT2D eigenvalue weighted by Crippen LogP contribution is 2.33. The minimum Gasteiger partial charge on any atom is -0.465 e. The van der Waals surface area contributed by atoms with E-state index in [0.717, 1.165) is 0 Å². The third kappa shape index (κ3) is 6.37.